The fourth-order valence-electron chi connectivity index (χ4n) is 1.37. The Bertz CT molecular complexity index is 301. The summed E-state index contributed by atoms with van der Waals surface area (Å²) in [4.78, 5) is 0. The monoisotopic (exact) mass is 197 g/mol. The molecule has 0 aromatic heterocycles. The van der Waals surface area contributed by atoms with Crippen LogP contribution in [0.4, 0.5) is 0 Å². The zero-order valence-electron chi connectivity index (χ0n) is 8.10. The molecule has 1 aromatic carbocycles. The molecular weight excluding hydrogens is 182 g/mol. The van der Waals surface area contributed by atoms with Crippen molar-refractivity contribution in [3.05, 3.63) is 23.8 Å². The molecule has 0 saturated heterocycles. The molecule has 0 fully saturated rings. The minimum atomic E-state index is -0.406. The van der Waals surface area contributed by atoms with E-state index in [1.165, 1.54) is 7.11 Å². The molecule has 0 heterocycles. The second-order valence-corrected chi connectivity index (χ2v) is 3.01. The number of aliphatic hydroxyl groups is 1. The van der Waals surface area contributed by atoms with Crippen molar-refractivity contribution < 1.29 is 14.9 Å². The molecule has 0 radical (unpaired) electrons. The summed E-state index contributed by atoms with van der Waals surface area (Å²) in [6.07, 6.45) is 0.397. The van der Waals surface area contributed by atoms with Crippen LogP contribution in [-0.4, -0.2) is 23.9 Å². The lowest BCUT2D eigenvalue weighted by Gasteiger charge is -2.15. The maximum Gasteiger partial charge on any atom is 0.127 e. The average Bonchev–Trinajstić information content (AvgIpc) is 2.17. The Morgan fingerprint density at radius 2 is 2.21 bits per heavy atom. The molecule has 14 heavy (non-hydrogen) atoms. The van der Waals surface area contributed by atoms with E-state index in [2.05, 4.69) is 0 Å². The van der Waals surface area contributed by atoms with Gasteiger partial charge in [0.25, 0.3) is 0 Å². The van der Waals surface area contributed by atoms with Gasteiger partial charge in [0, 0.05) is 12.6 Å². The number of ether oxygens (including phenoxy) is 1. The number of phenols is 1. The first-order valence-electron chi connectivity index (χ1n) is 4.43. The van der Waals surface area contributed by atoms with Crippen molar-refractivity contribution in [3.8, 4) is 11.5 Å². The lowest BCUT2D eigenvalue weighted by Crippen LogP contribution is -2.13. The summed E-state index contributed by atoms with van der Waals surface area (Å²) in [5.41, 5.74) is 6.33. The standard InChI is InChI=1S/C10H15NO3/c1-14-9-4-2-3-8(13)10(9)7(11)5-6-12/h2-4,7,12-13H,5-6,11H2,1H3/t7-/m1/s1. The van der Waals surface area contributed by atoms with Gasteiger partial charge in [0.1, 0.15) is 11.5 Å². The van der Waals surface area contributed by atoms with Crippen LogP contribution >= 0.6 is 0 Å². The molecule has 0 aliphatic carbocycles. The molecule has 4 N–H and O–H groups in total. The molecule has 0 aliphatic heterocycles. The second-order valence-electron chi connectivity index (χ2n) is 3.01. The van der Waals surface area contributed by atoms with Gasteiger partial charge in [-0.05, 0) is 18.6 Å². The van der Waals surface area contributed by atoms with Crippen LogP contribution in [0, 0.1) is 0 Å². The van der Waals surface area contributed by atoms with Crippen LogP contribution < -0.4 is 10.5 Å². The third-order valence-electron chi connectivity index (χ3n) is 2.07. The molecule has 0 unspecified atom stereocenters. The van der Waals surface area contributed by atoms with Crippen LogP contribution in [0.2, 0.25) is 0 Å². The zero-order chi connectivity index (χ0) is 10.6. The molecule has 0 amide bonds. The molecule has 0 saturated carbocycles. The van der Waals surface area contributed by atoms with Crippen molar-refractivity contribution in [3.63, 3.8) is 0 Å². The highest BCUT2D eigenvalue weighted by molar-refractivity contribution is 5.45. The van der Waals surface area contributed by atoms with Gasteiger partial charge in [-0.15, -0.1) is 0 Å². The predicted molar refractivity (Wildman–Crippen MR) is 53.3 cm³/mol. The van der Waals surface area contributed by atoms with Crippen molar-refractivity contribution in [2.24, 2.45) is 5.73 Å². The molecule has 1 aromatic rings. The number of benzene rings is 1. The van der Waals surface area contributed by atoms with Gasteiger partial charge < -0.3 is 20.7 Å². The number of rotatable bonds is 4. The van der Waals surface area contributed by atoms with Gasteiger partial charge in [-0.2, -0.15) is 0 Å². The Kier molecular flexibility index (Phi) is 3.73. The highest BCUT2D eigenvalue weighted by atomic mass is 16.5. The summed E-state index contributed by atoms with van der Waals surface area (Å²) >= 11 is 0. The average molecular weight is 197 g/mol. The van der Waals surface area contributed by atoms with Gasteiger partial charge in [0.2, 0.25) is 0 Å². The number of hydrogen-bond donors (Lipinski definition) is 3. The van der Waals surface area contributed by atoms with Crippen LogP contribution in [0.3, 0.4) is 0 Å². The number of nitrogens with two attached hydrogens (primary N) is 1. The lowest BCUT2D eigenvalue weighted by molar-refractivity contribution is 0.273. The first-order valence-corrected chi connectivity index (χ1v) is 4.43. The zero-order valence-corrected chi connectivity index (χ0v) is 8.10. The van der Waals surface area contributed by atoms with Crippen molar-refractivity contribution in [1.82, 2.24) is 0 Å². The van der Waals surface area contributed by atoms with Gasteiger partial charge in [0.05, 0.1) is 12.7 Å². The van der Waals surface area contributed by atoms with Crippen LogP contribution in [0.5, 0.6) is 11.5 Å². The van der Waals surface area contributed by atoms with Gasteiger partial charge in [-0.1, -0.05) is 6.07 Å². The Balaban J connectivity index is 3.03. The molecule has 0 bridgehead atoms. The molecule has 1 atom stereocenters. The van der Waals surface area contributed by atoms with Crippen LogP contribution in [0.25, 0.3) is 0 Å². The number of phenolic OH excluding ortho intramolecular Hbond substituents is 1. The van der Waals surface area contributed by atoms with E-state index in [0.29, 0.717) is 17.7 Å². The van der Waals surface area contributed by atoms with E-state index >= 15 is 0 Å². The minimum absolute atomic E-state index is 0.0152. The van der Waals surface area contributed by atoms with E-state index in [4.69, 9.17) is 15.6 Å². The fourth-order valence-corrected chi connectivity index (χ4v) is 1.37. The Labute approximate surface area is 82.9 Å². The van der Waals surface area contributed by atoms with E-state index in [-0.39, 0.29) is 12.4 Å². The SMILES string of the molecule is COc1cccc(O)c1[C@H](N)CCO. The van der Waals surface area contributed by atoms with Gasteiger partial charge >= 0.3 is 0 Å². The number of aliphatic hydroxyl groups excluding tert-OH is 1. The lowest BCUT2D eigenvalue weighted by atomic mass is 10.0. The third-order valence-corrected chi connectivity index (χ3v) is 2.07. The molecular formula is C10H15NO3. The van der Waals surface area contributed by atoms with Gasteiger partial charge in [0.15, 0.2) is 0 Å². The van der Waals surface area contributed by atoms with E-state index < -0.39 is 6.04 Å². The Morgan fingerprint density at radius 3 is 2.79 bits per heavy atom. The predicted octanol–water partition coefficient (Wildman–Crippen LogP) is 0.783. The maximum atomic E-state index is 9.58. The summed E-state index contributed by atoms with van der Waals surface area (Å²) in [5.74, 6) is 0.649. The summed E-state index contributed by atoms with van der Waals surface area (Å²) in [6, 6.07) is 4.56. The highest BCUT2D eigenvalue weighted by Crippen LogP contribution is 2.33. The first-order chi connectivity index (χ1) is 6.70. The third kappa shape index (κ3) is 2.16. The fraction of sp³-hybridized carbons (Fsp3) is 0.400. The summed E-state index contributed by atoms with van der Waals surface area (Å²) in [6.45, 7) is -0.0152. The Morgan fingerprint density at radius 1 is 1.50 bits per heavy atom. The highest BCUT2D eigenvalue weighted by Gasteiger charge is 2.15. The van der Waals surface area contributed by atoms with E-state index in [1.54, 1.807) is 18.2 Å². The molecule has 78 valence electrons. The normalized spacial score (nSPS) is 12.5. The van der Waals surface area contributed by atoms with Crippen molar-refractivity contribution >= 4 is 0 Å². The van der Waals surface area contributed by atoms with Crippen molar-refractivity contribution in [2.75, 3.05) is 13.7 Å². The number of methoxy groups -OCH3 is 1. The molecule has 0 aliphatic rings. The van der Waals surface area contributed by atoms with Crippen LogP contribution in [0.15, 0.2) is 18.2 Å². The topological polar surface area (TPSA) is 75.7 Å². The largest absolute Gasteiger partial charge is 0.507 e. The first kappa shape index (κ1) is 10.8. The van der Waals surface area contributed by atoms with Crippen molar-refractivity contribution in [2.45, 2.75) is 12.5 Å². The summed E-state index contributed by atoms with van der Waals surface area (Å²) in [7, 11) is 1.52. The molecule has 1 rings (SSSR count). The smallest absolute Gasteiger partial charge is 0.127 e. The van der Waals surface area contributed by atoms with Gasteiger partial charge in [-0.3, -0.25) is 0 Å². The van der Waals surface area contributed by atoms with E-state index in [1.807, 2.05) is 0 Å². The van der Waals surface area contributed by atoms with Crippen molar-refractivity contribution in [1.29, 1.82) is 0 Å². The molecule has 0 spiro atoms. The van der Waals surface area contributed by atoms with Crippen LogP contribution in [-0.2, 0) is 0 Å². The number of hydrogen-bond acceptors (Lipinski definition) is 4. The quantitative estimate of drug-likeness (QED) is 0.666. The summed E-state index contributed by atoms with van der Waals surface area (Å²) < 4.78 is 5.07. The second kappa shape index (κ2) is 4.83. The molecule has 4 nitrogen and oxygen atoms in total. The number of aromatic hydroxyl groups is 1. The minimum Gasteiger partial charge on any atom is -0.507 e. The maximum absolute atomic E-state index is 9.58. The molecule has 4 heteroatoms. The van der Waals surface area contributed by atoms with Gasteiger partial charge in [-0.25, -0.2) is 0 Å². The Hall–Kier alpha value is -1.26. The summed E-state index contributed by atoms with van der Waals surface area (Å²) in [5, 5.41) is 18.3. The van der Waals surface area contributed by atoms with E-state index in [0.717, 1.165) is 0 Å². The van der Waals surface area contributed by atoms with Crippen LogP contribution in [0.1, 0.15) is 18.0 Å². The van der Waals surface area contributed by atoms with E-state index in [9.17, 15) is 5.11 Å².